The number of carbonyl (C=O) groups is 1. The highest BCUT2D eigenvalue weighted by Gasteiger charge is 2.30. The first-order valence-electron chi connectivity index (χ1n) is 8.37. The van der Waals surface area contributed by atoms with E-state index in [2.05, 4.69) is 15.4 Å². The second-order valence-electron chi connectivity index (χ2n) is 7.27. The summed E-state index contributed by atoms with van der Waals surface area (Å²) < 4.78 is 41.0. The van der Waals surface area contributed by atoms with Crippen LogP contribution in [0.15, 0.2) is 41.6 Å². The number of alkyl halides is 3. The summed E-state index contributed by atoms with van der Waals surface area (Å²) in [5.74, 6) is -0.647. The van der Waals surface area contributed by atoms with E-state index in [-0.39, 0.29) is 16.6 Å². The monoisotopic (exact) mass is 393 g/mol. The molecule has 0 atom stereocenters. The number of nitrogens with zero attached hydrogens (tertiary/aromatic N) is 4. The molecular weight excluding hydrogens is 375 g/mol. The van der Waals surface area contributed by atoms with E-state index in [1.807, 2.05) is 20.8 Å². The van der Waals surface area contributed by atoms with E-state index in [9.17, 15) is 22.8 Å². The fourth-order valence-electron chi connectivity index (χ4n) is 2.68. The van der Waals surface area contributed by atoms with Crippen LogP contribution in [0, 0.1) is 0 Å². The van der Waals surface area contributed by atoms with E-state index in [0.29, 0.717) is 5.65 Å². The quantitative estimate of drug-likeness (QED) is 0.742. The van der Waals surface area contributed by atoms with E-state index >= 15 is 0 Å². The molecule has 0 aliphatic carbocycles. The molecule has 1 aromatic carbocycles. The number of hydrogen-bond acceptors (Lipinski definition) is 4. The highest BCUT2D eigenvalue weighted by Crippen LogP contribution is 2.30. The number of halogens is 3. The van der Waals surface area contributed by atoms with Crippen LogP contribution >= 0.6 is 0 Å². The van der Waals surface area contributed by atoms with Gasteiger partial charge in [-0.3, -0.25) is 14.2 Å². The second kappa shape index (κ2) is 6.77. The summed E-state index contributed by atoms with van der Waals surface area (Å²) in [7, 11) is 0. The predicted octanol–water partition coefficient (Wildman–Crippen LogP) is 3.01. The molecule has 0 unspecified atom stereocenters. The van der Waals surface area contributed by atoms with Crippen LogP contribution in [0.2, 0.25) is 0 Å². The van der Waals surface area contributed by atoms with E-state index in [4.69, 9.17) is 0 Å². The number of hydrogen-bond donors (Lipinski definition) is 1. The minimum absolute atomic E-state index is 0.0116. The molecule has 0 saturated heterocycles. The Kier molecular flexibility index (Phi) is 4.74. The number of fused-ring (bicyclic) bond motifs is 1. The normalized spacial score (nSPS) is 12.4. The minimum Gasteiger partial charge on any atom is -0.325 e. The lowest BCUT2D eigenvalue weighted by atomic mass is 10.1. The molecule has 148 valence electrons. The Labute approximate surface area is 157 Å². The van der Waals surface area contributed by atoms with Crippen LogP contribution in [0.25, 0.3) is 11.0 Å². The van der Waals surface area contributed by atoms with Gasteiger partial charge in [-0.25, -0.2) is 9.67 Å². The van der Waals surface area contributed by atoms with Gasteiger partial charge >= 0.3 is 6.18 Å². The van der Waals surface area contributed by atoms with Gasteiger partial charge in [0.1, 0.15) is 18.3 Å². The van der Waals surface area contributed by atoms with Gasteiger partial charge in [0.15, 0.2) is 5.65 Å². The number of amides is 1. The lowest BCUT2D eigenvalue weighted by Crippen LogP contribution is -2.29. The van der Waals surface area contributed by atoms with Crippen molar-refractivity contribution in [1.29, 1.82) is 0 Å². The second-order valence-corrected chi connectivity index (χ2v) is 7.27. The van der Waals surface area contributed by atoms with E-state index in [0.717, 1.165) is 16.7 Å². The Bertz CT molecular complexity index is 1090. The summed E-state index contributed by atoms with van der Waals surface area (Å²) in [4.78, 5) is 29.0. The van der Waals surface area contributed by atoms with E-state index in [1.165, 1.54) is 24.7 Å². The lowest BCUT2D eigenvalue weighted by molar-refractivity contribution is -0.137. The number of anilines is 1. The van der Waals surface area contributed by atoms with Crippen LogP contribution in [0.4, 0.5) is 18.9 Å². The maximum atomic E-state index is 12.8. The molecule has 28 heavy (non-hydrogen) atoms. The zero-order valence-corrected chi connectivity index (χ0v) is 15.4. The van der Waals surface area contributed by atoms with Crippen molar-refractivity contribution in [2.45, 2.75) is 39.0 Å². The fourth-order valence-corrected chi connectivity index (χ4v) is 2.68. The van der Waals surface area contributed by atoms with Crippen molar-refractivity contribution in [2.75, 3.05) is 5.32 Å². The van der Waals surface area contributed by atoms with Crippen molar-refractivity contribution < 1.29 is 18.0 Å². The average molecular weight is 393 g/mol. The van der Waals surface area contributed by atoms with Crippen LogP contribution < -0.4 is 10.9 Å². The summed E-state index contributed by atoms with van der Waals surface area (Å²) in [6.07, 6.45) is -1.91. The van der Waals surface area contributed by atoms with Crippen molar-refractivity contribution >= 4 is 22.6 Å². The van der Waals surface area contributed by atoms with Crippen molar-refractivity contribution in [2.24, 2.45) is 0 Å². The van der Waals surface area contributed by atoms with Crippen LogP contribution in [0.1, 0.15) is 26.3 Å². The van der Waals surface area contributed by atoms with Gasteiger partial charge in [-0.05, 0) is 39.0 Å². The summed E-state index contributed by atoms with van der Waals surface area (Å²) in [5.41, 5.74) is -1.33. The third-order valence-electron chi connectivity index (χ3n) is 3.98. The summed E-state index contributed by atoms with van der Waals surface area (Å²) in [6, 6.07) is 4.27. The smallest absolute Gasteiger partial charge is 0.325 e. The van der Waals surface area contributed by atoms with E-state index < -0.39 is 29.8 Å². The Morgan fingerprint density at radius 1 is 1.21 bits per heavy atom. The van der Waals surface area contributed by atoms with Gasteiger partial charge in [-0.2, -0.15) is 18.3 Å². The van der Waals surface area contributed by atoms with Crippen LogP contribution in [0.5, 0.6) is 0 Å². The molecule has 1 amide bonds. The number of benzene rings is 1. The molecule has 0 fully saturated rings. The molecule has 0 spiro atoms. The van der Waals surface area contributed by atoms with Crippen molar-refractivity contribution in [3.63, 3.8) is 0 Å². The topological polar surface area (TPSA) is 81.8 Å². The third kappa shape index (κ3) is 3.90. The fraction of sp³-hybridized carbons (Fsp3) is 0.333. The maximum Gasteiger partial charge on any atom is 0.416 e. The molecule has 0 aliphatic heterocycles. The minimum atomic E-state index is -4.51. The summed E-state index contributed by atoms with van der Waals surface area (Å²) in [5, 5.41) is 6.80. The molecule has 0 radical (unpaired) electrons. The Morgan fingerprint density at radius 3 is 2.57 bits per heavy atom. The van der Waals surface area contributed by atoms with Crippen LogP contribution in [-0.4, -0.2) is 25.2 Å². The summed E-state index contributed by atoms with van der Waals surface area (Å²) >= 11 is 0. The molecule has 2 heterocycles. The van der Waals surface area contributed by atoms with Gasteiger partial charge in [-0.15, -0.1) is 0 Å². The van der Waals surface area contributed by atoms with Gasteiger partial charge < -0.3 is 5.32 Å². The highest BCUT2D eigenvalue weighted by molar-refractivity contribution is 5.90. The van der Waals surface area contributed by atoms with Gasteiger partial charge in [0, 0.05) is 5.69 Å². The first-order valence-corrected chi connectivity index (χ1v) is 8.37. The Balaban J connectivity index is 1.82. The van der Waals surface area contributed by atoms with Crippen molar-refractivity contribution in [3.05, 3.63) is 52.7 Å². The Hall–Kier alpha value is -3.17. The zero-order chi connectivity index (χ0) is 20.7. The van der Waals surface area contributed by atoms with Crippen molar-refractivity contribution in [1.82, 2.24) is 19.3 Å². The number of aromatic nitrogens is 4. The maximum absolute atomic E-state index is 12.8. The predicted molar refractivity (Wildman–Crippen MR) is 96.9 cm³/mol. The molecule has 7 nitrogen and oxygen atoms in total. The third-order valence-corrected chi connectivity index (χ3v) is 3.98. The van der Waals surface area contributed by atoms with Crippen LogP contribution in [0.3, 0.4) is 0 Å². The molecule has 2 aromatic heterocycles. The molecule has 0 saturated carbocycles. The molecule has 10 heteroatoms. The molecular formula is C18H18F3N5O2. The first-order chi connectivity index (χ1) is 13.0. The number of rotatable bonds is 3. The zero-order valence-electron chi connectivity index (χ0n) is 15.4. The molecule has 3 aromatic rings. The van der Waals surface area contributed by atoms with Gasteiger partial charge in [0.2, 0.25) is 5.91 Å². The molecule has 0 aliphatic rings. The number of carbonyl (C=O) groups excluding carboxylic acids is 1. The van der Waals surface area contributed by atoms with Gasteiger partial charge in [-0.1, -0.05) is 6.07 Å². The van der Waals surface area contributed by atoms with Gasteiger partial charge in [0.25, 0.3) is 5.56 Å². The lowest BCUT2D eigenvalue weighted by Gasteiger charge is -2.19. The van der Waals surface area contributed by atoms with Crippen molar-refractivity contribution in [3.8, 4) is 0 Å². The SMILES string of the molecule is CC(C)(C)n1ncc2c(=O)n(CC(=O)Nc3cccc(C(F)(F)F)c3)cnc21. The average Bonchev–Trinajstić information content (AvgIpc) is 3.02. The first kappa shape index (κ1) is 19.6. The standard InChI is InChI=1S/C18H18F3N5O2/c1-17(2,3)26-15-13(8-23-26)16(28)25(10-22-15)9-14(27)24-12-6-4-5-11(7-12)18(19,20)21/h4-8,10H,9H2,1-3H3,(H,24,27). The Morgan fingerprint density at radius 2 is 1.93 bits per heavy atom. The largest absolute Gasteiger partial charge is 0.416 e. The number of nitrogens with one attached hydrogen (secondary N) is 1. The summed E-state index contributed by atoms with van der Waals surface area (Å²) in [6.45, 7) is 5.35. The van der Waals surface area contributed by atoms with E-state index in [1.54, 1.807) is 4.68 Å². The van der Waals surface area contributed by atoms with Gasteiger partial charge in [0.05, 0.1) is 17.3 Å². The molecule has 1 N–H and O–H groups in total. The molecule has 0 bridgehead atoms. The highest BCUT2D eigenvalue weighted by atomic mass is 19.4. The van der Waals surface area contributed by atoms with Crippen LogP contribution in [-0.2, 0) is 23.1 Å². The molecule has 3 rings (SSSR count).